The minimum atomic E-state index is -1.65. The van der Waals surface area contributed by atoms with Crippen LogP contribution in [0.25, 0.3) is 0 Å². The lowest BCUT2D eigenvalue weighted by Crippen LogP contribution is -2.47. The molecule has 0 radical (unpaired) electrons. The summed E-state index contributed by atoms with van der Waals surface area (Å²) in [6, 6.07) is 0. The Balaban J connectivity index is 2.50. The van der Waals surface area contributed by atoms with Crippen molar-refractivity contribution in [2.75, 3.05) is 6.61 Å². The highest BCUT2D eigenvalue weighted by Gasteiger charge is 2.35. The quantitative estimate of drug-likeness (QED) is 0.401. The van der Waals surface area contributed by atoms with Crippen LogP contribution in [0.15, 0.2) is 0 Å². The Labute approximate surface area is 74.4 Å². The number of hydrogen-bond donors (Lipinski definition) is 4. The zero-order chi connectivity index (χ0) is 10.0. The third-order valence-electron chi connectivity index (χ3n) is 2.00. The van der Waals surface area contributed by atoms with Gasteiger partial charge in [-0.1, -0.05) is 0 Å². The molecule has 0 aromatic rings. The van der Waals surface area contributed by atoms with Gasteiger partial charge in [-0.05, 0) is 0 Å². The molecule has 13 heavy (non-hydrogen) atoms. The summed E-state index contributed by atoms with van der Waals surface area (Å²) >= 11 is 0. The van der Waals surface area contributed by atoms with Gasteiger partial charge in [-0.15, -0.1) is 0 Å². The molecule has 1 aliphatic rings. The van der Waals surface area contributed by atoms with Crippen LogP contribution in [-0.4, -0.2) is 57.4 Å². The summed E-state index contributed by atoms with van der Waals surface area (Å²) in [5.74, 6) is -1.39. The van der Waals surface area contributed by atoms with Crippen LogP contribution in [0.5, 0.6) is 0 Å². The predicted molar refractivity (Wildman–Crippen MR) is 40.0 cm³/mol. The van der Waals surface area contributed by atoms with Crippen molar-refractivity contribution < 1.29 is 30.0 Å². The molecule has 1 fully saturated rings. The molecule has 0 bridgehead atoms. The number of hydrogen-bond acceptors (Lipinski definition) is 5. The number of carboxylic acid groups (broad SMARTS) is 1. The molecule has 0 spiro atoms. The van der Waals surface area contributed by atoms with Crippen molar-refractivity contribution in [1.82, 2.24) is 0 Å². The monoisotopic (exact) mass is 192 g/mol. The molecule has 0 aromatic heterocycles. The predicted octanol–water partition coefficient (Wildman–Crippen LogP) is -2.06. The highest BCUT2D eigenvalue weighted by Crippen LogP contribution is 2.17. The second-order valence-corrected chi connectivity index (χ2v) is 3.03. The lowest BCUT2D eigenvalue weighted by molar-refractivity contribution is -0.174. The van der Waals surface area contributed by atoms with Gasteiger partial charge in [-0.3, -0.25) is 0 Å². The molecule has 1 heterocycles. The molecule has 0 saturated carbocycles. The van der Waals surface area contributed by atoms with Gasteiger partial charge in [0.05, 0.1) is 18.8 Å². The van der Waals surface area contributed by atoms with Crippen molar-refractivity contribution >= 4 is 5.97 Å². The Bertz CT molecular complexity index is 193. The second-order valence-electron chi connectivity index (χ2n) is 3.03. The summed E-state index contributed by atoms with van der Waals surface area (Å²) in [5, 5.41) is 35.6. The first-order chi connectivity index (χ1) is 6.02. The fourth-order valence-electron chi connectivity index (χ4n) is 1.18. The minimum Gasteiger partial charge on any atom is -0.479 e. The van der Waals surface area contributed by atoms with Crippen LogP contribution in [0, 0.1) is 0 Å². The highest BCUT2D eigenvalue weighted by atomic mass is 16.5. The minimum absolute atomic E-state index is 0.0748. The SMILES string of the molecule is O=C(O)C(O)C1CC(O)C(O)CO1. The molecule has 1 rings (SSSR count). The van der Waals surface area contributed by atoms with Gasteiger partial charge >= 0.3 is 5.97 Å². The van der Waals surface area contributed by atoms with Crippen LogP contribution >= 0.6 is 0 Å². The van der Waals surface area contributed by atoms with E-state index in [1.807, 2.05) is 0 Å². The molecule has 76 valence electrons. The molecular weight excluding hydrogens is 180 g/mol. The molecular formula is C7H12O6. The summed E-state index contributed by atoms with van der Waals surface area (Å²) in [4.78, 5) is 10.3. The van der Waals surface area contributed by atoms with Gasteiger partial charge in [0.2, 0.25) is 0 Å². The van der Waals surface area contributed by atoms with Crippen molar-refractivity contribution in [3.8, 4) is 0 Å². The molecule has 0 aliphatic carbocycles. The topological polar surface area (TPSA) is 107 Å². The van der Waals surface area contributed by atoms with Gasteiger partial charge in [0.25, 0.3) is 0 Å². The van der Waals surface area contributed by atoms with Crippen LogP contribution in [0.4, 0.5) is 0 Å². The van der Waals surface area contributed by atoms with Gasteiger partial charge in [-0.2, -0.15) is 0 Å². The van der Waals surface area contributed by atoms with Crippen molar-refractivity contribution in [2.24, 2.45) is 0 Å². The van der Waals surface area contributed by atoms with E-state index in [4.69, 9.17) is 25.2 Å². The molecule has 0 aromatic carbocycles. The molecule has 4 N–H and O–H groups in total. The van der Waals surface area contributed by atoms with Crippen molar-refractivity contribution in [2.45, 2.75) is 30.8 Å². The van der Waals surface area contributed by atoms with Crippen LogP contribution < -0.4 is 0 Å². The van der Waals surface area contributed by atoms with Gasteiger partial charge in [0.1, 0.15) is 6.10 Å². The van der Waals surface area contributed by atoms with E-state index in [0.29, 0.717) is 0 Å². The van der Waals surface area contributed by atoms with E-state index in [9.17, 15) is 4.79 Å². The fourth-order valence-corrected chi connectivity index (χ4v) is 1.18. The Hall–Kier alpha value is -0.690. The van der Waals surface area contributed by atoms with Gasteiger partial charge in [0, 0.05) is 6.42 Å². The van der Waals surface area contributed by atoms with Crippen LogP contribution in [0.2, 0.25) is 0 Å². The number of aliphatic hydroxyl groups excluding tert-OH is 3. The van der Waals surface area contributed by atoms with Crippen molar-refractivity contribution in [3.05, 3.63) is 0 Å². The second kappa shape index (κ2) is 4.01. The third-order valence-corrected chi connectivity index (χ3v) is 2.00. The molecule has 0 amide bonds. The maximum absolute atomic E-state index is 10.3. The van der Waals surface area contributed by atoms with E-state index in [-0.39, 0.29) is 13.0 Å². The Morgan fingerprint density at radius 3 is 2.46 bits per heavy atom. The van der Waals surface area contributed by atoms with E-state index in [1.165, 1.54) is 0 Å². The Morgan fingerprint density at radius 2 is 2.00 bits per heavy atom. The van der Waals surface area contributed by atoms with Crippen LogP contribution in [0.3, 0.4) is 0 Å². The molecule has 6 heteroatoms. The number of ether oxygens (including phenoxy) is 1. The van der Waals surface area contributed by atoms with E-state index in [2.05, 4.69) is 0 Å². The molecule has 4 atom stereocenters. The normalized spacial score (nSPS) is 37.0. The summed E-state index contributed by atoms with van der Waals surface area (Å²) in [5.41, 5.74) is 0. The first-order valence-electron chi connectivity index (χ1n) is 3.91. The number of carbonyl (C=O) groups is 1. The zero-order valence-corrected chi connectivity index (χ0v) is 6.83. The number of carboxylic acids is 1. The lowest BCUT2D eigenvalue weighted by Gasteiger charge is -2.31. The smallest absolute Gasteiger partial charge is 0.335 e. The van der Waals surface area contributed by atoms with E-state index in [1.54, 1.807) is 0 Å². The molecule has 6 nitrogen and oxygen atoms in total. The molecule has 1 aliphatic heterocycles. The highest BCUT2D eigenvalue weighted by molar-refractivity contribution is 5.72. The van der Waals surface area contributed by atoms with Gasteiger partial charge in [0.15, 0.2) is 6.10 Å². The van der Waals surface area contributed by atoms with E-state index < -0.39 is 30.4 Å². The largest absolute Gasteiger partial charge is 0.479 e. The zero-order valence-electron chi connectivity index (χ0n) is 6.83. The third kappa shape index (κ3) is 2.38. The number of aliphatic carboxylic acids is 1. The molecule has 4 unspecified atom stereocenters. The Kier molecular flexibility index (Phi) is 3.21. The van der Waals surface area contributed by atoms with Crippen molar-refractivity contribution in [3.63, 3.8) is 0 Å². The Morgan fingerprint density at radius 1 is 1.38 bits per heavy atom. The molecule has 1 saturated heterocycles. The summed E-state index contributed by atoms with van der Waals surface area (Å²) in [7, 11) is 0. The summed E-state index contributed by atoms with van der Waals surface area (Å²) in [6.07, 6.45) is -4.71. The standard InChI is InChI=1S/C7H12O6/c8-3-1-5(6(10)7(11)12)13-2-4(3)9/h3-6,8-10H,1-2H2,(H,11,12). The van der Waals surface area contributed by atoms with Gasteiger partial charge in [-0.25, -0.2) is 4.79 Å². The van der Waals surface area contributed by atoms with Crippen molar-refractivity contribution in [1.29, 1.82) is 0 Å². The lowest BCUT2D eigenvalue weighted by atomic mass is 10.00. The van der Waals surface area contributed by atoms with E-state index in [0.717, 1.165) is 0 Å². The van der Waals surface area contributed by atoms with Crippen LogP contribution in [-0.2, 0) is 9.53 Å². The fraction of sp³-hybridized carbons (Fsp3) is 0.857. The first-order valence-corrected chi connectivity index (χ1v) is 3.91. The van der Waals surface area contributed by atoms with Crippen LogP contribution in [0.1, 0.15) is 6.42 Å². The maximum atomic E-state index is 10.3. The van der Waals surface area contributed by atoms with Gasteiger partial charge < -0.3 is 25.2 Å². The summed E-state index contributed by atoms with van der Waals surface area (Å²) in [6.45, 7) is -0.157. The average Bonchev–Trinajstić information content (AvgIpc) is 2.08. The average molecular weight is 192 g/mol. The maximum Gasteiger partial charge on any atom is 0.335 e. The number of aliphatic hydroxyl groups is 3. The van der Waals surface area contributed by atoms with E-state index >= 15 is 0 Å². The first kappa shape index (κ1) is 10.4. The summed E-state index contributed by atoms with van der Waals surface area (Å²) < 4.78 is 4.84. The number of rotatable bonds is 2.